The Kier molecular flexibility index (Phi) is 5.53. The Labute approximate surface area is 157 Å². The maximum absolute atomic E-state index is 6.16. The quantitative estimate of drug-likeness (QED) is 0.629. The van der Waals surface area contributed by atoms with E-state index < -0.39 is 0 Å². The lowest BCUT2D eigenvalue weighted by Crippen LogP contribution is -2.08. The summed E-state index contributed by atoms with van der Waals surface area (Å²) in [5.74, 6) is 1.66. The first-order valence-electron chi connectivity index (χ1n) is 8.27. The van der Waals surface area contributed by atoms with Crippen LogP contribution in [0.4, 0.5) is 23.1 Å². The molecule has 134 valence electrons. The average molecular weight is 370 g/mol. The predicted octanol–water partition coefficient (Wildman–Crippen LogP) is 5.11. The van der Waals surface area contributed by atoms with E-state index in [9.17, 15) is 0 Å². The molecule has 0 amide bonds. The van der Waals surface area contributed by atoms with Crippen LogP contribution in [0.1, 0.15) is 19.4 Å². The minimum absolute atomic E-state index is 0.0660. The van der Waals surface area contributed by atoms with Gasteiger partial charge in [0.2, 0.25) is 5.95 Å². The number of benzene rings is 2. The molecule has 0 radical (unpaired) electrons. The van der Waals surface area contributed by atoms with Gasteiger partial charge in [-0.2, -0.15) is 10.1 Å². The van der Waals surface area contributed by atoms with Crippen LogP contribution in [-0.2, 0) is 0 Å². The summed E-state index contributed by atoms with van der Waals surface area (Å²) in [7, 11) is 0. The predicted molar refractivity (Wildman–Crippen MR) is 105 cm³/mol. The van der Waals surface area contributed by atoms with Crippen molar-refractivity contribution in [3.8, 4) is 5.75 Å². The Morgan fingerprint density at radius 2 is 1.88 bits per heavy atom. The van der Waals surface area contributed by atoms with Crippen LogP contribution in [-0.4, -0.2) is 21.3 Å². The van der Waals surface area contributed by atoms with Crippen LogP contribution in [0.2, 0.25) is 5.02 Å². The highest BCUT2D eigenvalue weighted by Crippen LogP contribution is 2.27. The molecule has 0 spiro atoms. The first-order valence-corrected chi connectivity index (χ1v) is 8.64. The average Bonchev–Trinajstić information content (AvgIpc) is 2.60. The van der Waals surface area contributed by atoms with Crippen LogP contribution in [0.25, 0.3) is 0 Å². The van der Waals surface area contributed by atoms with Gasteiger partial charge >= 0.3 is 0 Å². The summed E-state index contributed by atoms with van der Waals surface area (Å²) >= 11 is 6.16. The second kappa shape index (κ2) is 8.01. The van der Waals surface area contributed by atoms with Crippen molar-refractivity contribution in [2.45, 2.75) is 26.9 Å². The monoisotopic (exact) mass is 369 g/mol. The molecule has 1 heterocycles. The molecule has 2 aromatic carbocycles. The topological polar surface area (TPSA) is 72.0 Å². The number of para-hydroxylation sites is 2. The first-order chi connectivity index (χ1) is 12.5. The lowest BCUT2D eigenvalue weighted by molar-refractivity contribution is 0.244. The highest BCUT2D eigenvalue weighted by molar-refractivity contribution is 6.31. The molecule has 6 nitrogen and oxygen atoms in total. The van der Waals surface area contributed by atoms with Gasteiger partial charge in [0.15, 0.2) is 5.82 Å². The molecule has 0 atom stereocenters. The van der Waals surface area contributed by atoms with Gasteiger partial charge in [-0.1, -0.05) is 29.8 Å². The Bertz CT molecular complexity index is 901. The summed E-state index contributed by atoms with van der Waals surface area (Å²) in [6, 6.07) is 13.4. The molecule has 26 heavy (non-hydrogen) atoms. The number of aromatic nitrogens is 3. The van der Waals surface area contributed by atoms with Gasteiger partial charge < -0.3 is 15.4 Å². The summed E-state index contributed by atoms with van der Waals surface area (Å²) < 4.78 is 5.80. The molecule has 0 saturated heterocycles. The number of ether oxygens (including phenoxy) is 1. The fraction of sp³-hybridized carbons (Fsp3) is 0.211. The largest absolute Gasteiger partial charge is 0.489 e. The molecule has 0 saturated carbocycles. The van der Waals surface area contributed by atoms with Gasteiger partial charge in [-0.05, 0) is 50.6 Å². The molecular formula is C19H20ClN5O. The van der Waals surface area contributed by atoms with E-state index >= 15 is 0 Å². The minimum Gasteiger partial charge on any atom is -0.489 e. The molecule has 0 fully saturated rings. The van der Waals surface area contributed by atoms with Gasteiger partial charge in [0.05, 0.1) is 18.0 Å². The normalized spacial score (nSPS) is 10.7. The van der Waals surface area contributed by atoms with Crippen LogP contribution in [0, 0.1) is 6.92 Å². The SMILES string of the molecule is Cc1ccc(Nc2cnnc(Nc3ccccc3OC(C)C)n2)cc1Cl. The fourth-order valence-electron chi connectivity index (χ4n) is 2.28. The highest BCUT2D eigenvalue weighted by Gasteiger charge is 2.08. The maximum atomic E-state index is 6.16. The maximum Gasteiger partial charge on any atom is 0.249 e. The molecule has 2 N–H and O–H groups in total. The first kappa shape index (κ1) is 17.9. The Balaban J connectivity index is 1.78. The van der Waals surface area contributed by atoms with Crippen molar-refractivity contribution in [2.24, 2.45) is 0 Å². The van der Waals surface area contributed by atoms with Crippen molar-refractivity contribution in [2.75, 3.05) is 10.6 Å². The summed E-state index contributed by atoms with van der Waals surface area (Å²) in [6.07, 6.45) is 1.62. The van der Waals surface area contributed by atoms with E-state index in [1.807, 2.05) is 63.2 Å². The summed E-state index contributed by atoms with van der Waals surface area (Å²) in [5.41, 5.74) is 2.62. The van der Waals surface area contributed by atoms with Crippen molar-refractivity contribution < 1.29 is 4.74 Å². The van der Waals surface area contributed by atoms with Crippen LogP contribution in [0.3, 0.4) is 0 Å². The van der Waals surface area contributed by atoms with E-state index in [4.69, 9.17) is 16.3 Å². The molecule has 7 heteroatoms. The van der Waals surface area contributed by atoms with E-state index in [-0.39, 0.29) is 6.10 Å². The van der Waals surface area contributed by atoms with Gasteiger partial charge in [0.1, 0.15) is 5.75 Å². The molecule has 1 aromatic heterocycles. The molecule has 0 aliphatic carbocycles. The highest BCUT2D eigenvalue weighted by atomic mass is 35.5. The number of rotatable bonds is 6. The van der Waals surface area contributed by atoms with Crippen molar-refractivity contribution >= 4 is 34.7 Å². The second-order valence-electron chi connectivity index (χ2n) is 6.04. The van der Waals surface area contributed by atoms with Crippen LogP contribution in [0.5, 0.6) is 5.75 Å². The van der Waals surface area contributed by atoms with Crippen LogP contribution >= 0.6 is 11.6 Å². The molecule has 0 bridgehead atoms. The smallest absolute Gasteiger partial charge is 0.249 e. The third-order valence-corrected chi connectivity index (χ3v) is 3.91. The standard InChI is InChI=1S/C19H20ClN5O/c1-12(2)26-17-7-5-4-6-16(17)23-19-24-18(11-21-25-19)22-14-9-8-13(3)15(20)10-14/h4-12H,1-3H3,(H2,22,23,24,25). The lowest BCUT2D eigenvalue weighted by atomic mass is 10.2. The number of aryl methyl sites for hydroxylation is 1. The minimum atomic E-state index is 0.0660. The number of hydrogen-bond donors (Lipinski definition) is 2. The van der Waals surface area contributed by atoms with Gasteiger partial charge in [0, 0.05) is 10.7 Å². The van der Waals surface area contributed by atoms with Gasteiger partial charge in [-0.15, -0.1) is 5.10 Å². The number of hydrogen-bond acceptors (Lipinski definition) is 6. The molecular weight excluding hydrogens is 350 g/mol. The zero-order chi connectivity index (χ0) is 18.5. The van der Waals surface area contributed by atoms with Crippen molar-refractivity contribution in [3.63, 3.8) is 0 Å². The van der Waals surface area contributed by atoms with Crippen LogP contribution in [0.15, 0.2) is 48.7 Å². The Hall–Kier alpha value is -2.86. The van der Waals surface area contributed by atoms with Crippen molar-refractivity contribution in [3.05, 3.63) is 59.2 Å². The number of nitrogens with one attached hydrogen (secondary N) is 2. The Morgan fingerprint density at radius 3 is 2.65 bits per heavy atom. The van der Waals surface area contributed by atoms with Crippen molar-refractivity contribution in [1.29, 1.82) is 0 Å². The van der Waals surface area contributed by atoms with Gasteiger partial charge in [-0.3, -0.25) is 0 Å². The second-order valence-corrected chi connectivity index (χ2v) is 6.45. The molecule has 0 aliphatic heterocycles. The number of anilines is 4. The number of halogens is 1. The van der Waals surface area contributed by atoms with E-state index in [1.54, 1.807) is 6.20 Å². The summed E-state index contributed by atoms with van der Waals surface area (Å²) in [5, 5.41) is 15.0. The summed E-state index contributed by atoms with van der Waals surface area (Å²) in [4.78, 5) is 4.44. The summed E-state index contributed by atoms with van der Waals surface area (Å²) in [6.45, 7) is 5.91. The van der Waals surface area contributed by atoms with Gasteiger partial charge in [0.25, 0.3) is 0 Å². The van der Waals surface area contributed by atoms with Crippen LogP contribution < -0.4 is 15.4 Å². The lowest BCUT2D eigenvalue weighted by Gasteiger charge is -2.14. The van der Waals surface area contributed by atoms with Gasteiger partial charge in [-0.25, -0.2) is 0 Å². The zero-order valence-electron chi connectivity index (χ0n) is 14.8. The molecule has 3 rings (SSSR count). The van der Waals surface area contributed by atoms with E-state index in [0.29, 0.717) is 16.8 Å². The molecule has 3 aromatic rings. The number of nitrogens with zero attached hydrogens (tertiary/aromatic N) is 3. The van der Waals surface area contributed by atoms with E-state index in [2.05, 4.69) is 25.8 Å². The Morgan fingerprint density at radius 1 is 1.08 bits per heavy atom. The third kappa shape index (κ3) is 4.61. The zero-order valence-corrected chi connectivity index (χ0v) is 15.6. The fourth-order valence-corrected chi connectivity index (χ4v) is 2.46. The molecule has 0 aliphatic rings. The molecule has 0 unspecified atom stereocenters. The van der Waals surface area contributed by atoms with E-state index in [1.165, 1.54) is 0 Å². The third-order valence-electron chi connectivity index (χ3n) is 3.50. The van der Waals surface area contributed by atoms with E-state index in [0.717, 1.165) is 22.7 Å². The van der Waals surface area contributed by atoms with Crippen molar-refractivity contribution in [1.82, 2.24) is 15.2 Å².